The van der Waals surface area contributed by atoms with Gasteiger partial charge in [0, 0.05) is 12.8 Å². The van der Waals surface area contributed by atoms with Crippen LogP contribution >= 0.6 is 0 Å². The van der Waals surface area contributed by atoms with Crippen LogP contribution in [0.25, 0.3) is 0 Å². The van der Waals surface area contributed by atoms with Crippen LogP contribution < -0.4 is 5.32 Å². The highest BCUT2D eigenvalue weighted by atomic mass is 16.5. The maximum absolute atomic E-state index is 12.6. The van der Waals surface area contributed by atoms with Crippen LogP contribution in [0.4, 0.5) is 4.79 Å². The maximum Gasteiger partial charge on any atom is 0.338 e. The van der Waals surface area contributed by atoms with Crippen LogP contribution in [0.2, 0.25) is 0 Å². The largest absolute Gasteiger partial charge is 0.465 e. The number of methoxy groups -OCH3 is 2. The second kappa shape index (κ2) is 9.18. The fourth-order valence-electron chi connectivity index (χ4n) is 2.89. The molecule has 8 nitrogen and oxygen atoms in total. The lowest BCUT2D eigenvalue weighted by Crippen LogP contribution is -2.49. The van der Waals surface area contributed by atoms with Crippen molar-refractivity contribution in [3.05, 3.63) is 46.7 Å². The SMILES string of the molecule is CCOC(=O)C1=C(C)N(CCOC)C(=O)N[C@@H]1c1ccc(C(=O)OC)cc1. The van der Waals surface area contributed by atoms with Crippen molar-refractivity contribution in [1.29, 1.82) is 0 Å². The third-order valence-corrected chi connectivity index (χ3v) is 4.28. The molecule has 146 valence electrons. The summed E-state index contributed by atoms with van der Waals surface area (Å²) < 4.78 is 14.9. The molecule has 1 heterocycles. The van der Waals surface area contributed by atoms with Gasteiger partial charge in [0.1, 0.15) is 0 Å². The van der Waals surface area contributed by atoms with Crippen molar-refractivity contribution in [3.63, 3.8) is 0 Å². The van der Waals surface area contributed by atoms with E-state index in [-0.39, 0.29) is 12.6 Å². The van der Waals surface area contributed by atoms with E-state index in [1.807, 2.05) is 0 Å². The topological polar surface area (TPSA) is 94.2 Å². The third-order valence-electron chi connectivity index (χ3n) is 4.28. The van der Waals surface area contributed by atoms with Crippen molar-refractivity contribution in [2.75, 3.05) is 34.0 Å². The Labute approximate surface area is 158 Å². The molecule has 0 unspecified atom stereocenters. The van der Waals surface area contributed by atoms with Crippen molar-refractivity contribution >= 4 is 18.0 Å². The Morgan fingerprint density at radius 2 is 1.81 bits per heavy atom. The first-order valence-electron chi connectivity index (χ1n) is 8.57. The predicted molar refractivity (Wildman–Crippen MR) is 97.0 cm³/mol. The first-order chi connectivity index (χ1) is 12.9. The van der Waals surface area contributed by atoms with Gasteiger partial charge in [-0.15, -0.1) is 0 Å². The molecule has 1 aromatic rings. The Kier molecular flexibility index (Phi) is 6.95. The number of nitrogens with one attached hydrogen (secondary N) is 1. The fourth-order valence-corrected chi connectivity index (χ4v) is 2.89. The quantitative estimate of drug-likeness (QED) is 0.732. The van der Waals surface area contributed by atoms with Crippen LogP contribution in [0.15, 0.2) is 35.5 Å². The summed E-state index contributed by atoms with van der Waals surface area (Å²) in [6.45, 7) is 4.29. The highest BCUT2D eigenvalue weighted by molar-refractivity contribution is 5.95. The molecule has 1 aliphatic rings. The Morgan fingerprint density at radius 3 is 2.37 bits per heavy atom. The number of urea groups is 1. The molecule has 1 atom stereocenters. The lowest BCUT2D eigenvalue weighted by Gasteiger charge is -2.35. The summed E-state index contributed by atoms with van der Waals surface area (Å²) in [5.74, 6) is -0.961. The minimum Gasteiger partial charge on any atom is -0.465 e. The monoisotopic (exact) mass is 376 g/mol. The zero-order valence-corrected chi connectivity index (χ0v) is 15.9. The summed E-state index contributed by atoms with van der Waals surface area (Å²) in [6, 6.07) is 5.51. The molecule has 1 aliphatic heterocycles. The molecular weight excluding hydrogens is 352 g/mol. The number of amides is 2. The first-order valence-corrected chi connectivity index (χ1v) is 8.57. The van der Waals surface area contributed by atoms with Crippen molar-refractivity contribution in [1.82, 2.24) is 10.2 Å². The summed E-state index contributed by atoms with van der Waals surface area (Å²) in [6.07, 6.45) is 0. The molecule has 1 N–H and O–H groups in total. The number of hydrogen-bond acceptors (Lipinski definition) is 6. The standard InChI is InChI=1S/C19H24N2O6/c1-5-27-18(23)15-12(2)21(10-11-25-3)19(24)20-16(15)13-6-8-14(9-7-13)17(22)26-4/h6-9,16H,5,10-11H2,1-4H3,(H,20,24)/t16-/m1/s1. The molecule has 0 aromatic heterocycles. The first kappa shape index (κ1) is 20.4. The van der Waals surface area contributed by atoms with Crippen LogP contribution in [0.3, 0.4) is 0 Å². The number of hydrogen-bond donors (Lipinski definition) is 1. The van der Waals surface area contributed by atoms with Gasteiger partial charge >= 0.3 is 18.0 Å². The maximum atomic E-state index is 12.6. The van der Waals surface area contributed by atoms with E-state index in [9.17, 15) is 14.4 Å². The molecule has 0 saturated heterocycles. The molecular formula is C19H24N2O6. The zero-order chi connectivity index (χ0) is 20.0. The Bertz CT molecular complexity index is 741. The zero-order valence-electron chi connectivity index (χ0n) is 15.9. The molecule has 2 amide bonds. The van der Waals surface area contributed by atoms with Gasteiger partial charge in [-0.1, -0.05) is 12.1 Å². The third kappa shape index (κ3) is 4.46. The molecule has 0 spiro atoms. The van der Waals surface area contributed by atoms with Crippen LogP contribution in [-0.4, -0.2) is 56.8 Å². The molecule has 0 aliphatic carbocycles. The Hall–Kier alpha value is -2.87. The predicted octanol–water partition coefficient (Wildman–Crippen LogP) is 2.02. The average Bonchev–Trinajstić information content (AvgIpc) is 2.67. The molecule has 8 heteroatoms. The second-order valence-electron chi connectivity index (χ2n) is 5.86. The number of allylic oxidation sites excluding steroid dienone is 1. The molecule has 0 fully saturated rings. The van der Waals surface area contributed by atoms with Gasteiger partial charge in [-0.2, -0.15) is 0 Å². The smallest absolute Gasteiger partial charge is 0.338 e. The lowest BCUT2D eigenvalue weighted by molar-refractivity contribution is -0.139. The minimum absolute atomic E-state index is 0.218. The summed E-state index contributed by atoms with van der Waals surface area (Å²) in [4.78, 5) is 38.2. The van der Waals surface area contributed by atoms with Gasteiger partial charge in [0.15, 0.2) is 0 Å². The van der Waals surface area contributed by atoms with E-state index in [4.69, 9.17) is 9.47 Å². The van der Waals surface area contributed by atoms with E-state index < -0.39 is 18.0 Å². The van der Waals surface area contributed by atoms with Crippen LogP contribution in [0.5, 0.6) is 0 Å². The number of benzene rings is 1. The number of carbonyl (C=O) groups excluding carboxylic acids is 3. The summed E-state index contributed by atoms with van der Waals surface area (Å²) >= 11 is 0. The number of ether oxygens (including phenoxy) is 3. The van der Waals surface area contributed by atoms with E-state index in [0.29, 0.717) is 35.5 Å². The van der Waals surface area contributed by atoms with E-state index in [2.05, 4.69) is 10.1 Å². The van der Waals surface area contributed by atoms with Crippen molar-refractivity contribution < 1.29 is 28.6 Å². The van der Waals surface area contributed by atoms with Gasteiger partial charge in [0.05, 0.1) is 44.0 Å². The molecule has 1 aromatic carbocycles. The van der Waals surface area contributed by atoms with Crippen molar-refractivity contribution in [2.45, 2.75) is 19.9 Å². The molecule has 27 heavy (non-hydrogen) atoms. The van der Waals surface area contributed by atoms with E-state index in [0.717, 1.165) is 0 Å². The van der Waals surface area contributed by atoms with E-state index in [1.54, 1.807) is 45.2 Å². The van der Waals surface area contributed by atoms with Crippen molar-refractivity contribution in [3.8, 4) is 0 Å². The fraction of sp³-hybridized carbons (Fsp3) is 0.421. The Morgan fingerprint density at radius 1 is 1.15 bits per heavy atom. The summed E-state index contributed by atoms with van der Waals surface area (Å²) in [5, 5.41) is 2.83. The highest BCUT2D eigenvalue weighted by Crippen LogP contribution is 2.31. The van der Waals surface area contributed by atoms with Gasteiger partial charge in [-0.3, -0.25) is 4.90 Å². The molecule has 2 rings (SSSR count). The highest BCUT2D eigenvalue weighted by Gasteiger charge is 2.36. The number of rotatable bonds is 7. The summed E-state index contributed by atoms with van der Waals surface area (Å²) in [7, 11) is 2.84. The van der Waals surface area contributed by atoms with Gasteiger partial charge < -0.3 is 19.5 Å². The molecule has 0 bridgehead atoms. The van der Waals surface area contributed by atoms with E-state index in [1.165, 1.54) is 12.0 Å². The average molecular weight is 376 g/mol. The van der Waals surface area contributed by atoms with Gasteiger partial charge in [0.25, 0.3) is 0 Å². The second-order valence-corrected chi connectivity index (χ2v) is 5.86. The van der Waals surface area contributed by atoms with Gasteiger partial charge in [-0.25, -0.2) is 14.4 Å². The van der Waals surface area contributed by atoms with Crippen molar-refractivity contribution in [2.24, 2.45) is 0 Å². The number of nitrogens with zero attached hydrogens (tertiary/aromatic N) is 1. The summed E-state index contributed by atoms with van der Waals surface area (Å²) in [5.41, 5.74) is 1.89. The number of carbonyl (C=O) groups is 3. The molecule has 0 radical (unpaired) electrons. The molecule has 0 saturated carbocycles. The van der Waals surface area contributed by atoms with Gasteiger partial charge in [-0.05, 0) is 31.5 Å². The van der Waals surface area contributed by atoms with Gasteiger partial charge in [0.2, 0.25) is 0 Å². The van der Waals surface area contributed by atoms with Crippen LogP contribution in [0.1, 0.15) is 35.8 Å². The number of esters is 2. The van der Waals surface area contributed by atoms with Crippen LogP contribution in [-0.2, 0) is 19.0 Å². The normalized spacial score (nSPS) is 16.8. The minimum atomic E-state index is -0.679. The van der Waals surface area contributed by atoms with Crippen LogP contribution in [0, 0.1) is 0 Å². The lowest BCUT2D eigenvalue weighted by atomic mass is 9.94. The Balaban J connectivity index is 2.43. The van der Waals surface area contributed by atoms with E-state index >= 15 is 0 Å².